The Balaban J connectivity index is 1.86. The lowest BCUT2D eigenvalue weighted by Crippen LogP contribution is -2.30. The van der Waals surface area contributed by atoms with Gasteiger partial charge in [-0.2, -0.15) is 0 Å². The molecule has 1 aromatic rings. The molecule has 0 unspecified atom stereocenters. The fraction of sp³-hybridized carbons (Fsp3) is 0.538. The molecule has 0 aromatic heterocycles. The summed E-state index contributed by atoms with van der Waals surface area (Å²) in [5.74, 6) is 0.423. The molecular weight excluding hydrogens is 205 g/mol. The van der Waals surface area contributed by atoms with Crippen LogP contribution < -0.4 is 10.1 Å². The van der Waals surface area contributed by atoms with E-state index in [1.165, 1.54) is 37.8 Å². The van der Waals surface area contributed by atoms with Gasteiger partial charge in [0.25, 0.3) is 0 Å². The number of ether oxygens (including phenoxy) is 1. The molecule has 0 radical (unpaired) electrons. The van der Waals surface area contributed by atoms with Gasteiger partial charge in [0.05, 0.1) is 12.3 Å². The summed E-state index contributed by atoms with van der Waals surface area (Å²) >= 11 is 0. The van der Waals surface area contributed by atoms with Gasteiger partial charge in [-0.1, -0.05) is 12.8 Å². The minimum Gasteiger partial charge on any atom is -0.491 e. The molecule has 1 spiro atoms. The molecule has 1 heterocycles. The molecule has 0 atom stereocenters. The van der Waals surface area contributed by atoms with E-state index < -0.39 is 0 Å². The second-order valence-electron chi connectivity index (χ2n) is 4.99. The molecule has 3 heteroatoms. The van der Waals surface area contributed by atoms with Gasteiger partial charge in [0.1, 0.15) is 11.6 Å². The van der Waals surface area contributed by atoms with Crippen LogP contribution in [0.25, 0.3) is 0 Å². The van der Waals surface area contributed by atoms with Crippen LogP contribution in [-0.4, -0.2) is 13.2 Å². The van der Waals surface area contributed by atoms with Gasteiger partial charge in [-0.3, -0.25) is 0 Å². The highest BCUT2D eigenvalue weighted by molar-refractivity contribution is 5.57. The predicted octanol–water partition coefficient (Wildman–Crippen LogP) is 3.19. The average molecular weight is 221 g/mol. The molecule has 86 valence electrons. The van der Waals surface area contributed by atoms with E-state index in [0.717, 1.165) is 18.8 Å². The summed E-state index contributed by atoms with van der Waals surface area (Å²) in [6.45, 7) is 1.67. The molecule has 0 bridgehead atoms. The van der Waals surface area contributed by atoms with Crippen molar-refractivity contribution in [2.45, 2.75) is 25.7 Å². The molecular formula is C13H16FNO. The molecule has 1 N–H and O–H groups in total. The molecule has 1 aliphatic heterocycles. The lowest BCUT2D eigenvalue weighted by atomic mass is 9.87. The molecule has 1 aromatic carbocycles. The van der Waals surface area contributed by atoms with Gasteiger partial charge >= 0.3 is 0 Å². The summed E-state index contributed by atoms with van der Waals surface area (Å²) in [5.41, 5.74) is 1.19. The number of rotatable bonds is 0. The van der Waals surface area contributed by atoms with Crippen molar-refractivity contribution in [3.8, 4) is 5.75 Å². The lowest BCUT2D eigenvalue weighted by molar-refractivity contribution is 0.169. The molecule has 16 heavy (non-hydrogen) atoms. The Morgan fingerprint density at radius 1 is 1.25 bits per heavy atom. The molecule has 1 fully saturated rings. The Bertz CT molecular complexity index is 399. The molecule has 2 nitrogen and oxygen atoms in total. The predicted molar refractivity (Wildman–Crippen MR) is 61.3 cm³/mol. The molecule has 1 aliphatic carbocycles. The van der Waals surface area contributed by atoms with Crippen molar-refractivity contribution >= 4 is 5.69 Å². The van der Waals surface area contributed by atoms with Gasteiger partial charge in [-0.05, 0) is 25.0 Å². The van der Waals surface area contributed by atoms with Gasteiger partial charge < -0.3 is 10.1 Å². The zero-order valence-corrected chi connectivity index (χ0v) is 9.26. The molecule has 3 rings (SSSR count). The Kier molecular flexibility index (Phi) is 2.27. The summed E-state index contributed by atoms with van der Waals surface area (Å²) in [6, 6.07) is 4.71. The van der Waals surface area contributed by atoms with Crippen molar-refractivity contribution < 1.29 is 9.13 Å². The summed E-state index contributed by atoms with van der Waals surface area (Å²) in [4.78, 5) is 0. The van der Waals surface area contributed by atoms with Crippen LogP contribution in [0.2, 0.25) is 0 Å². The van der Waals surface area contributed by atoms with Crippen molar-refractivity contribution in [3.63, 3.8) is 0 Å². The quantitative estimate of drug-likeness (QED) is 0.726. The van der Waals surface area contributed by atoms with E-state index >= 15 is 0 Å². The number of hydrogen-bond donors (Lipinski definition) is 1. The zero-order valence-electron chi connectivity index (χ0n) is 9.26. The second-order valence-corrected chi connectivity index (χ2v) is 4.99. The van der Waals surface area contributed by atoms with Crippen LogP contribution in [0.15, 0.2) is 18.2 Å². The van der Waals surface area contributed by atoms with Crippen LogP contribution in [0.5, 0.6) is 5.75 Å². The van der Waals surface area contributed by atoms with Crippen LogP contribution in [0.4, 0.5) is 10.1 Å². The third kappa shape index (κ3) is 1.64. The zero-order chi connectivity index (χ0) is 11.0. The Morgan fingerprint density at radius 2 is 2.06 bits per heavy atom. The maximum atomic E-state index is 13.1. The number of hydrogen-bond acceptors (Lipinski definition) is 2. The highest BCUT2D eigenvalue weighted by Gasteiger charge is 2.36. The number of fused-ring (bicyclic) bond motifs is 1. The molecule has 0 amide bonds. The van der Waals surface area contributed by atoms with Gasteiger partial charge in [-0.25, -0.2) is 4.39 Å². The number of halogens is 1. The highest BCUT2D eigenvalue weighted by atomic mass is 19.1. The Morgan fingerprint density at radius 3 is 2.88 bits per heavy atom. The van der Waals surface area contributed by atoms with Crippen LogP contribution in [0.1, 0.15) is 25.7 Å². The van der Waals surface area contributed by atoms with E-state index in [2.05, 4.69) is 5.32 Å². The van der Waals surface area contributed by atoms with Crippen LogP contribution in [-0.2, 0) is 0 Å². The third-order valence-corrected chi connectivity index (χ3v) is 3.80. The fourth-order valence-electron chi connectivity index (χ4n) is 2.77. The first-order valence-corrected chi connectivity index (χ1v) is 5.94. The first-order chi connectivity index (χ1) is 7.77. The molecule has 2 aliphatic rings. The highest BCUT2D eigenvalue weighted by Crippen LogP contribution is 2.42. The van der Waals surface area contributed by atoms with Crippen molar-refractivity contribution in [3.05, 3.63) is 24.0 Å². The topological polar surface area (TPSA) is 21.3 Å². The second kappa shape index (κ2) is 3.65. The monoisotopic (exact) mass is 221 g/mol. The first kappa shape index (κ1) is 9.94. The minimum atomic E-state index is -0.233. The van der Waals surface area contributed by atoms with E-state index in [4.69, 9.17) is 4.74 Å². The van der Waals surface area contributed by atoms with Gasteiger partial charge in [0, 0.05) is 18.0 Å². The normalized spacial score (nSPS) is 22.1. The van der Waals surface area contributed by atoms with Crippen LogP contribution in [0.3, 0.4) is 0 Å². The fourth-order valence-corrected chi connectivity index (χ4v) is 2.77. The SMILES string of the molecule is Fc1ccc2c(c1)OCC1(CCCC1)CN2. The largest absolute Gasteiger partial charge is 0.491 e. The van der Waals surface area contributed by atoms with Gasteiger partial charge in [-0.15, -0.1) is 0 Å². The number of nitrogens with one attached hydrogen (secondary N) is 1. The Hall–Kier alpha value is -1.25. The van der Waals surface area contributed by atoms with E-state index in [0.29, 0.717) is 5.75 Å². The summed E-state index contributed by atoms with van der Waals surface area (Å²) in [6.07, 6.45) is 5.01. The van der Waals surface area contributed by atoms with Crippen molar-refractivity contribution in [1.82, 2.24) is 0 Å². The lowest BCUT2D eigenvalue weighted by Gasteiger charge is -2.25. The van der Waals surface area contributed by atoms with E-state index in [-0.39, 0.29) is 11.2 Å². The van der Waals surface area contributed by atoms with Crippen LogP contribution in [0, 0.1) is 11.2 Å². The van der Waals surface area contributed by atoms with Crippen LogP contribution >= 0.6 is 0 Å². The Labute approximate surface area is 94.8 Å². The van der Waals surface area contributed by atoms with Gasteiger partial charge in [0.2, 0.25) is 0 Å². The number of anilines is 1. The minimum absolute atomic E-state index is 0.233. The van der Waals surface area contributed by atoms with Crippen molar-refractivity contribution in [2.24, 2.45) is 5.41 Å². The summed E-state index contributed by atoms with van der Waals surface area (Å²) < 4.78 is 18.9. The summed E-state index contributed by atoms with van der Waals surface area (Å²) in [5, 5.41) is 3.39. The van der Waals surface area contributed by atoms with Gasteiger partial charge in [0.15, 0.2) is 0 Å². The summed E-state index contributed by atoms with van der Waals surface area (Å²) in [7, 11) is 0. The molecule has 1 saturated carbocycles. The standard InChI is InChI=1S/C13H16FNO/c14-10-3-4-11-12(7-10)16-9-13(8-15-11)5-1-2-6-13/h3-4,7,15H,1-2,5-6,8-9H2. The maximum Gasteiger partial charge on any atom is 0.145 e. The molecule has 0 saturated heterocycles. The first-order valence-electron chi connectivity index (χ1n) is 5.94. The third-order valence-electron chi connectivity index (χ3n) is 3.80. The van der Waals surface area contributed by atoms with Crippen molar-refractivity contribution in [1.29, 1.82) is 0 Å². The smallest absolute Gasteiger partial charge is 0.145 e. The maximum absolute atomic E-state index is 13.1. The van der Waals surface area contributed by atoms with E-state index in [1.54, 1.807) is 6.07 Å². The average Bonchev–Trinajstić information content (AvgIpc) is 2.66. The van der Waals surface area contributed by atoms with Crippen molar-refractivity contribution in [2.75, 3.05) is 18.5 Å². The van der Waals surface area contributed by atoms with E-state index in [9.17, 15) is 4.39 Å². The van der Waals surface area contributed by atoms with E-state index in [1.807, 2.05) is 0 Å². The number of benzene rings is 1.